The van der Waals surface area contributed by atoms with Crippen LogP contribution in [0.3, 0.4) is 0 Å². The quantitative estimate of drug-likeness (QED) is 0.678. The number of carbonyl (C=O) groups excluding carboxylic acids is 1. The van der Waals surface area contributed by atoms with E-state index in [2.05, 4.69) is 27.7 Å². The van der Waals surface area contributed by atoms with Crippen LogP contribution in [-0.4, -0.2) is 35.0 Å². The van der Waals surface area contributed by atoms with Crippen LogP contribution in [0, 0.1) is 11.8 Å². The van der Waals surface area contributed by atoms with Crippen LogP contribution < -0.4 is 0 Å². The van der Waals surface area contributed by atoms with Crippen molar-refractivity contribution in [1.29, 1.82) is 0 Å². The third kappa shape index (κ3) is 8.79. The summed E-state index contributed by atoms with van der Waals surface area (Å²) in [5.41, 5.74) is 0. The Kier molecular flexibility index (Phi) is 8.08. The largest absolute Gasteiger partial charge is 0.478 e. The number of carbonyl (C=O) groups is 2. The van der Waals surface area contributed by atoms with Gasteiger partial charge in [0, 0.05) is 25.2 Å². The van der Waals surface area contributed by atoms with Gasteiger partial charge in [0.1, 0.15) is 0 Å². The van der Waals surface area contributed by atoms with E-state index in [9.17, 15) is 9.59 Å². The molecule has 1 N–H and O–H groups in total. The zero-order valence-corrected chi connectivity index (χ0v) is 11.8. The van der Waals surface area contributed by atoms with Crippen LogP contribution in [0.5, 0.6) is 0 Å². The first-order valence-corrected chi connectivity index (χ1v) is 6.52. The van der Waals surface area contributed by atoms with E-state index in [1.165, 1.54) is 0 Å². The average molecular weight is 255 g/mol. The lowest BCUT2D eigenvalue weighted by molar-refractivity contribution is -0.132. The van der Waals surface area contributed by atoms with Gasteiger partial charge in [0.25, 0.3) is 0 Å². The summed E-state index contributed by atoms with van der Waals surface area (Å²) < 4.78 is 0. The van der Waals surface area contributed by atoms with E-state index in [1.807, 2.05) is 0 Å². The van der Waals surface area contributed by atoms with Gasteiger partial charge in [-0.3, -0.25) is 4.79 Å². The molecule has 0 saturated carbocycles. The molecule has 0 rings (SSSR count). The van der Waals surface area contributed by atoms with Crippen molar-refractivity contribution in [1.82, 2.24) is 4.90 Å². The summed E-state index contributed by atoms with van der Waals surface area (Å²) in [7, 11) is 0. The lowest BCUT2D eigenvalue weighted by Gasteiger charge is -2.23. The smallest absolute Gasteiger partial charge is 0.328 e. The summed E-state index contributed by atoms with van der Waals surface area (Å²) in [6.45, 7) is 9.81. The van der Waals surface area contributed by atoms with Crippen LogP contribution in [0.25, 0.3) is 0 Å². The predicted octanol–water partition coefficient (Wildman–Crippen LogP) is 2.55. The molecule has 4 nitrogen and oxygen atoms in total. The fourth-order valence-corrected chi connectivity index (χ4v) is 1.41. The molecule has 0 aliphatic carbocycles. The maximum Gasteiger partial charge on any atom is 0.328 e. The van der Waals surface area contributed by atoms with E-state index >= 15 is 0 Å². The summed E-state index contributed by atoms with van der Waals surface area (Å²) in [6, 6.07) is 0. The summed E-state index contributed by atoms with van der Waals surface area (Å²) in [6.07, 6.45) is 3.92. The van der Waals surface area contributed by atoms with E-state index in [0.717, 1.165) is 25.0 Å². The highest BCUT2D eigenvalue weighted by Gasteiger charge is 2.12. The number of hydrogen-bond donors (Lipinski definition) is 1. The lowest BCUT2D eigenvalue weighted by atomic mass is 10.1. The van der Waals surface area contributed by atoms with Gasteiger partial charge in [-0.15, -0.1) is 0 Å². The Morgan fingerprint density at radius 1 is 1.00 bits per heavy atom. The highest BCUT2D eigenvalue weighted by Crippen LogP contribution is 2.07. The molecular weight excluding hydrogens is 230 g/mol. The summed E-state index contributed by atoms with van der Waals surface area (Å²) in [4.78, 5) is 24.0. The Balaban J connectivity index is 4.43. The van der Waals surface area contributed by atoms with Crippen molar-refractivity contribution in [2.24, 2.45) is 11.8 Å². The number of carboxylic acid groups (broad SMARTS) is 1. The fraction of sp³-hybridized carbons (Fsp3) is 0.714. The third-order valence-electron chi connectivity index (χ3n) is 2.63. The van der Waals surface area contributed by atoms with Crippen LogP contribution in [0.1, 0.15) is 40.5 Å². The van der Waals surface area contributed by atoms with Gasteiger partial charge < -0.3 is 10.0 Å². The van der Waals surface area contributed by atoms with Gasteiger partial charge >= 0.3 is 5.97 Å². The zero-order chi connectivity index (χ0) is 14.1. The van der Waals surface area contributed by atoms with Crippen LogP contribution in [-0.2, 0) is 9.59 Å². The van der Waals surface area contributed by atoms with Gasteiger partial charge in [-0.05, 0) is 24.7 Å². The predicted molar refractivity (Wildman–Crippen MR) is 72.3 cm³/mol. The Morgan fingerprint density at radius 3 is 1.78 bits per heavy atom. The van der Waals surface area contributed by atoms with Crippen molar-refractivity contribution in [2.75, 3.05) is 13.1 Å². The first-order valence-electron chi connectivity index (χ1n) is 6.52. The van der Waals surface area contributed by atoms with Gasteiger partial charge in [-0.1, -0.05) is 27.7 Å². The van der Waals surface area contributed by atoms with E-state index in [-0.39, 0.29) is 5.91 Å². The number of carboxylic acids is 1. The number of rotatable bonds is 8. The number of amides is 1. The van der Waals surface area contributed by atoms with E-state index in [1.54, 1.807) is 4.90 Å². The molecule has 0 aliphatic heterocycles. The van der Waals surface area contributed by atoms with Crippen molar-refractivity contribution < 1.29 is 14.7 Å². The normalized spacial score (nSPS) is 11.4. The maximum atomic E-state index is 11.8. The molecule has 0 aromatic carbocycles. The van der Waals surface area contributed by atoms with Crippen molar-refractivity contribution in [2.45, 2.75) is 40.5 Å². The van der Waals surface area contributed by atoms with Crippen LogP contribution in [0.15, 0.2) is 12.2 Å². The molecule has 0 heterocycles. The zero-order valence-electron chi connectivity index (χ0n) is 11.8. The molecule has 1 amide bonds. The molecule has 0 aromatic rings. The molecule has 0 bridgehead atoms. The second kappa shape index (κ2) is 8.72. The Bertz CT molecular complexity index is 283. The van der Waals surface area contributed by atoms with Crippen LogP contribution in [0.2, 0.25) is 0 Å². The monoisotopic (exact) mass is 255 g/mol. The standard InChI is InChI=1S/C14H25NO3/c1-11(2)7-9-15(10-8-12(3)4)13(16)5-6-14(17)18/h5-6,11-12H,7-10H2,1-4H3,(H,17,18)/b6-5-. The highest BCUT2D eigenvalue weighted by molar-refractivity contribution is 5.93. The molecule has 18 heavy (non-hydrogen) atoms. The second-order valence-electron chi connectivity index (χ2n) is 5.36. The van der Waals surface area contributed by atoms with E-state index < -0.39 is 5.97 Å². The van der Waals surface area contributed by atoms with Crippen molar-refractivity contribution in [3.05, 3.63) is 12.2 Å². The second-order valence-corrected chi connectivity index (χ2v) is 5.36. The minimum atomic E-state index is -1.09. The molecular formula is C14H25NO3. The SMILES string of the molecule is CC(C)CCN(CCC(C)C)C(=O)/C=C\C(=O)O. The average Bonchev–Trinajstić information content (AvgIpc) is 2.25. The fourth-order valence-electron chi connectivity index (χ4n) is 1.41. The Hall–Kier alpha value is -1.32. The first kappa shape index (κ1) is 16.7. The molecule has 0 unspecified atom stereocenters. The number of nitrogens with zero attached hydrogens (tertiary/aromatic N) is 1. The van der Waals surface area contributed by atoms with Gasteiger partial charge in [-0.2, -0.15) is 0 Å². The third-order valence-corrected chi connectivity index (χ3v) is 2.63. The van der Waals surface area contributed by atoms with Gasteiger partial charge in [0.2, 0.25) is 5.91 Å². The van der Waals surface area contributed by atoms with Crippen molar-refractivity contribution in [3.8, 4) is 0 Å². The number of aliphatic carboxylic acids is 1. The lowest BCUT2D eigenvalue weighted by Crippen LogP contribution is -2.33. The minimum absolute atomic E-state index is 0.210. The minimum Gasteiger partial charge on any atom is -0.478 e. The Morgan fingerprint density at radius 2 is 1.44 bits per heavy atom. The summed E-state index contributed by atoms with van der Waals surface area (Å²) in [5.74, 6) is -0.236. The molecule has 0 fully saturated rings. The van der Waals surface area contributed by atoms with E-state index in [4.69, 9.17) is 5.11 Å². The van der Waals surface area contributed by atoms with Crippen molar-refractivity contribution in [3.63, 3.8) is 0 Å². The molecule has 0 atom stereocenters. The van der Waals surface area contributed by atoms with Crippen LogP contribution in [0.4, 0.5) is 0 Å². The topological polar surface area (TPSA) is 57.6 Å². The molecule has 0 saturated heterocycles. The number of hydrogen-bond acceptors (Lipinski definition) is 2. The van der Waals surface area contributed by atoms with Gasteiger partial charge in [-0.25, -0.2) is 4.79 Å². The Labute approximate surface area is 110 Å². The van der Waals surface area contributed by atoms with E-state index in [0.29, 0.717) is 24.9 Å². The maximum absolute atomic E-state index is 11.8. The molecule has 0 aliphatic rings. The van der Waals surface area contributed by atoms with Crippen molar-refractivity contribution >= 4 is 11.9 Å². The highest BCUT2D eigenvalue weighted by atomic mass is 16.4. The van der Waals surface area contributed by atoms with Crippen LogP contribution >= 0.6 is 0 Å². The first-order chi connectivity index (χ1) is 8.32. The van der Waals surface area contributed by atoms with Gasteiger partial charge in [0.05, 0.1) is 0 Å². The molecule has 0 spiro atoms. The summed E-state index contributed by atoms with van der Waals surface area (Å²) in [5, 5.41) is 8.52. The molecule has 4 heteroatoms. The molecule has 0 aromatic heterocycles. The van der Waals surface area contributed by atoms with Gasteiger partial charge in [0.15, 0.2) is 0 Å². The molecule has 0 radical (unpaired) electrons. The molecule has 104 valence electrons. The summed E-state index contributed by atoms with van der Waals surface area (Å²) >= 11 is 0.